The quantitative estimate of drug-likeness (QED) is 0.744. The van der Waals surface area contributed by atoms with Crippen molar-refractivity contribution in [2.75, 3.05) is 13.7 Å². The average molecular weight is 268 g/mol. The van der Waals surface area contributed by atoms with E-state index < -0.39 is 0 Å². The molecule has 5 nitrogen and oxygen atoms in total. The topological polar surface area (TPSA) is 52.0 Å². The molecule has 0 saturated carbocycles. The van der Waals surface area contributed by atoms with Crippen molar-refractivity contribution in [3.63, 3.8) is 0 Å². The van der Waals surface area contributed by atoms with E-state index in [1.165, 1.54) is 0 Å². The Kier molecular flexibility index (Phi) is 6.45. The molecule has 0 aliphatic carbocycles. The van der Waals surface area contributed by atoms with Crippen LogP contribution in [0.15, 0.2) is 6.33 Å². The zero-order valence-corrected chi connectivity index (χ0v) is 12.9. The third-order valence-electron chi connectivity index (χ3n) is 3.99. The summed E-state index contributed by atoms with van der Waals surface area (Å²) >= 11 is 0. The first-order chi connectivity index (χ1) is 9.17. The van der Waals surface area contributed by atoms with Crippen molar-refractivity contribution in [1.29, 1.82) is 0 Å². The number of hydrogen-bond donors (Lipinski definition) is 1. The van der Waals surface area contributed by atoms with Crippen molar-refractivity contribution in [2.24, 2.45) is 0 Å². The molecule has 1 unspecified atom stereocenters. The van der Waals surface area contributed by atoms with Gasteiger partial charge in [0, 0.05) is 25.6 Å². The molecule has 1 heterocycles. The maximum Gasteiger partial charge on any atom is 0.138 e. The van der Waals surface area contributed by atoms with Crippen molar-refractivity contribution < 1.29 is 4.74 Å². The Labute approximate surface area is 116 Å². The van der Waals surface area contributed by atoms with Gasteiger partial charge in [-0.1, -0.05) is 13.8 Å². The number of likely N-dealkylation sites (N-methyl/N-ethyl adjacent to an activating group) is 1. The molecule has 0 aliphatic heterocycles. The number of nitrogens with zero attached hydrogens (tertiary/aromatic N) is 3. The maximum absolute atomic E-state index is 6.08. The second-order valence-electron chi connectivity index (χ2n) is 4.74. The van der Waals surface area contributed by atoms with Crippen LogP contribution >= 0.6 is 0 Å². The van der Waals surface area contributed by atoms with E-state index >= 15 is 0 Å². The average Bonchev–Trinajstić information content (AvgIpc) is 2.89. The molecule has 1 rings (SSSR count). The Bertz CT molecular complexity index is 360. The first kappa shape index (κ1) is 16.1. The normalized spacial score (nSPS) is 13.7. The third-order valence-corrected chi connectivity index (χ3v) is 3.99. The van der Waals surface area contributed by atoms with Gasteiger partial charge in [-0.2, -0.15) is 5.10 Å². The molecule has 1 aromatic heterocycles. The summed E-state index contributed by atoms with van der Waals surface area (Å²) in [4.78, 5) is 4.37. The summed E-state index contributed by atoms with van der Waals surface area (Å²) < 4.78 is 8.03. The smallest absolute Gasteiger partial charge is 0.138 e. The highest BCUT2D eigenvalue weighted by Gasteiger charge is 2.36. The predicted molar refractivity (Wildman–Crippen MR) is 77.2 cm³/mol. The first-order valence-corrected chi connectivity index (χ1v) is 7.35. The molecule has 0 radical (unpaired) electrons. The summed E-state index contributed by atoms with van der Waals surface area (Å²) in [5.41, 5.74) is -0.131. The highest BCUT2D eigenvalue weighted by Crippen LogP contribution is 2.27. The van der Waals surface area contributed by atoms with Crippen molar-refractivity contribution >= 4 is 0 Å². The lowest BCUT2D eigenvalue weighted by Crippen LogP contribution is -2.52. The fourth-order valence-electron chi connectivity index (χ4n) is 2.78. The van der Waals surface area contributed by atoms with Gasteiger partial charge in [-0.15, -0.1) is 0 Å². The van der Waals surface area contributed by atoms with Crippen molar-refractivity contribution in [1.82, 2.24) is 20.1 Å². The van der Waals surface area contributed by atoms with E-state index in [0.717, 1.165) is 38.2 Å². The van der Waals surface area contributed by atoms with Gasteiger partial charge in [0.1, 0.15) is 12.2 Å². The van der Waals surface area contributed by atoms with Crippen molar-refractivity contribution in [3.8, 4) is 0 Å². The summed E-state index contributed by atoms with van der Waals surface area (Å²) in [6.07, 6.45) is 4.45. The third kappa shape index (κ3) is 3.54. The zero-order chi connectivity index (χ0) is 14.3. The van der Waals surface area contributed by atoms with Gasteiger partial charge in [-0.3, -0.25) is 4.68 Å². The highest BCUT2D eigenvalue weighted by atomic mass is 16.5. The number of nitrogens with one attached hydrogen (secondary N) is 1. The van der Waals surface area contributed by atoms with Crippen LogP contribution in [0, 0.1) is 0 Å². The molecule has 0 amide bonds. The van der Waals surface area contributed by atoms with Gasteiger partial charge in [-0.25, -0.2) is 4.98 Å². The molecule has 19 heavy (non-hydrogen) atoms. The molecule has 0 bridgehead atoms. The molecule has 0 saturated heterocycles. The summed E-state index contributed by atoms with van der Waals surface area (Å²) in [5, 5.41) is 7.65. The lowest BCUT2D eigenvalue weighted by Gasteiger charge is -2.39. The highest BCUT2D eigenvalue weighted by molar-refractivity contribution is 4.99. The molecule has 5 heteroatoms. The number of hydrogen-bond acceptors (Lipinski definition) is 4. The molecule has 110 valence electrons. The summed E-state index contributed by atoms with van der Waals surface area (Å²) in [5.74, 6) is 1.02. The van der Waals surface area contributed by atoms with Gasteiger partial charge in [0.05, 0.1) is 5.60 Å². The Morgan fingerprint density at radius 2 is 2.00 bits per heavy atom. The Balaban J connectivity index is 2.91. The van der Waals surface area contributed by atoms with Gasteiger partial charge in [0.15, 0.2) is 0 Å². The minimum absolute atomic E-state index is 0.131. The second kappa shape index (κ2) is 7.60. The fraction of sp³-hybridized carbons (Fsp3) is 0.857. The van der Waals surface area contributed by atoms with Crippen LogP contribution in [0.5, 0.6) is 0 Å². The van der Waals surface area contributed by atoms with E-state index in [9.17, 15) is 0 Å². The van der Waals surface area contributed by atoms with Gasteiger partial charge in [0.2, 0.25) is 0 Å². The number of rotatable bonds is 9. The minimum atomic E-state index is -0.131. The van der Waals surface area contributed by atoms with E-state index in [0.29, 0.717) is 0 Å². The van der Waals surface area contributed by atoms with Crippen LogP contribution in [0.3, 0.4) is 0 Å². The molecule has 1 atom stereocenters. The van der Waals surface area contributed by atoms with Crippen LogP contribution in [0.1, 0.15) is 46.4 Å². The van der Waals surface area contributed by atoms with Gasteiger partial charge in [0.25, 0.3) is 0 Å². The van der Waals surface area contributed by atoms with Gasteiger partial charge >= 0.3 is 0 Å². The maximum atomic E-state index is 6.08. The first-order valence-electron chi connectivity index (χ1n) is 7.35. The lowest BCUT2D eigenvalue weighted by molar-refractivity contribution is -0.0709. The fourth-order valence-corrected chi connectivity index (χ4v) is 2.78. The molecule has 0 spiro atoms. The van der Waals surface area contributed by atoms with Crippen molar-refractivity contribution in [3.05, 3.63) is 12.2 Å². The summed E-state index contributed by atoms with van der Waals surface area (Å²) in [7, 11) is 2.00. The van der Waals surface area contributed by atoms with Gasteiger partial charge in [-0.05, 0) is 33.7 Å². The zero-order valence-electron chi connectivity index (χ0n) is 12.9. The van der Waals surface area contributed by atoms with E-state index in [1.54, 1.807) is 6.33 Å². The van der Waals surface area contributed by atoms with E-state index in [4.69, 9.17) is 4.74 Å². The Hall–Kier alpha value is -0.940. The number of aryl methyl sites for hydroxylation is 1. The molecule has 1 N–H and O–H groups in total. The molecular formula is C14H28N4O. The second-order valence-corrected chi connectivity index (χ2v) is 4.74. The van der Waals surface area contributed by atoms with E-state index in [1.807, 2.05) is 11.7 Å². The van der Waals surface area contributed by atoms with Crippen LogP contribution in [0.4, 0.5) is 0 Å². The standard InChI is InChI=1S/C14H28N4O/c1-6-14(7-2,19-9-4)12(15-5)10-13-16-11-17-18(13)8-3/h11-12,15H,6-10H2,1-5H3. The van der Waals surface area contributed by atoms with Crippen LogP contribution in [-0.2, 0) is 17.7 Å². The monoisotopic (exact) mass is 268 g/mol. The Morgan fingerprint density at radius 3 is 2.47 bits per heavy atom. The van der Waals surface area contributed by atoms with E-state index in [-0.39, 0.29) is 11.6 Å². The van der Waals surface area contributed by atoms with Gasteiger partial charge < -0.3 is 10.1 Å². The van der Waals surface area contributed by atoms with Crippen LogP contribution in [0.2, 0.25) is 0 Å². The van der Waals surface area contributed by atoms with Crippen LogP contribution < -0.4 is 5.32 Å². The number of ether oxygens (including phenoxy) is 1. The number of aromatic nitrogens is 3. The minimum Gasteiger partial charge on any atom is -0.374 e. The summed E-state index contributed by atoms with van der Waals surface area (Å²) in [6, 6.07) is 0.247. The van der Waals surface area contributed by atoms with Crippen LogP contribution in [0.25, 0.3) is 0 Å². The lowest BCUT2D eigenvalue weighted by atomic mass is 9.86. The van der Waals surface area contributed by atoms with Crippen molar-refractivity contribution in [2.45, 2.75) is 65.1 Å². The summed E-state index contributed by atoms with van der Waals surface area (Å²) in [6.45, 7) is 10.1. The molecule has 0 aliphatic rings. The molecule has 1 aromatic rings. The molecule has 0 aromatic carbocycles. The van der Waals surface area contributed by atoms with E-state index in [2.05, 4.69) is 43.1 Å². The Morgan fingerprint density at radius 1 is 1.32 bits per heavy atom. The largest absolute Gasteiger partial charge is 0.374 e. The predicted octanol–water partition coefficient (Wildman–Crippen LogP) is 2.02. The van der Waals surface area contributed by atoms with Crippen LogP contribution in [-0.4, -0.2) is 40.1 Å². The molecular weight excluding hydrogens is 240 g/mol. The molecule has 0 fully saturated rings. The SMILES string of the molecule is CCOC(CC)(CC)C(Cc1ncnn1CC)NC.